The summed E-state index contributed by atoms with van der Waals surface area (Å²) >= 11 is 0. The second-order valence-corrected chi connectivity index (χ2v) is 5.57. The Morgan fingerprint density at radius 3 is 2.85 bits per heavy atom. The number of imidazole rings is 1. The minimum atomic E-state index is -0.185. The SMILES string of the molecule is Cc1cc(F)ccc1Cn1ccnc1CNCC(C)C. The number of rotatable bonds is 6. The van der Waals surface area contributed by atoms with Crippen molar-refractivity contribution in [2.75, 3.05) is 6.54 Å². The number of halogens is 1. The molecule has 0 aliphatic carbocycles. The van der Waals surface area contributed by atoms with E-state index in [9.17, 15) is 4.39 Å². The molecule has 108 valence electrons. The molecule has 1 aromatic heterocycles. The maximum atomic E-state index is 13.1. The van der Waals surface area contributed by atoms with Crippen molar-refractivity contribution in [3.63, 3.8) is 0 Å². The zero-order valence-corrected chi connectivity index (χ0v) is 12.4. The summed E-state index contributed by atoms with van der Waals surface area (Å²) in [6.45, 7) is 8.76. The Bertz CT molecular complexity index is 561. The third kappa shape index (κ3) is 3.90. The number of hydrogen-bond acceptors (Lipinski definition) is 2. The fraction of sp³-hybridized carbons (Fsp3) is 0.438. The standard InChI is InChI=1S/C16H22FN3/c1-12(2)9-18-10-16-19-6-7-20(16)11-14-4-5-15(17)8-13(14)3/h4-8,12,18H,9-11H2,1-3H3. The summed E-state index contributed by atoms with van der Waals surface area (Å²) in [6.07, 6.45) is 3.78. The average molecular weight is 275 g/mol. The first-order valence-electron chi connectivity index (χ1n) is 7.02. The van der Waals surface area contributed by atoms with Gasteiger partial charge in [-0.15, -0.1) is 0 Å². The lowest BCUT2D eigenvalue weighted by Crippen LogP contribution is -2.21. The molecule has 0 bridgehead atoms. The topological polar surface area (TPSA) is 29.9 Å². The Kier molecular flexibility index (Phi) is 4.90. The predicted molar refractivity (Wildman–Crippen MR) is 79.0 cm³/mol. The lowest BCUT2D eigenvalue weighted by atomic mass is 10.1. The highest BCUT2D eigenvalue weighted by molar-refractivity contribution is 5.27. The van der Waals surface area contributed by atoms with E-state index in [0.717, 1.165) is 36.6 Å². The molecular weight excluding hydrogens is 253 g/mol. The van der Waals surface area contributed by atoms with Gasteiger partial charge in [0.2, 0.25) is 0 Å². The molecule has 1 aromatic carbocycles. The van der Waals surface area contributed by atoms with Crippen LogP contribution in [0.15, 0.2) is 30.6 Å². The molecule has 0 atom stereocenters. The number of nitrogens with zero attached hydrogens (tertiary/aromatic N) is 2. The van der Waals surface area contributed by atoms with Crippen molar-refractivity contribution in [2.24, 2.45) is 5.92 Å². The van der Waals surface area contributed by atoms with Crippen LogP contribution in [0.2, 0.25) is 0 Å². The van der Waals surface area contributed by atoms with Crippen LogP contribution in [-0.4, -0.2) is 16.1 Å². The number of hydrogen-bond donors (Lipinski definition) is 1. The van der Waals surface area contributed by atoms with Crippen molar-refractivity contribution >= 4 is 0 Å². The Balaban J connectivity index is 2.04. The molecule has 0 amide bonds. The summed E-state index contributed by atoms with van der Waals surface area (Å²) in [5.41, 5.74) is 2.09. The van der Waals surface area contributed by atoms with Crippen LogP contribution in [-0.2, 0) is 13.1 Å². The number of aromatic nitrogens is 2. The zero-order valence-electron chi connectivity index (χ0n) is 12.4. The van der Waals surface area contributed by atoms with Crippen LogP contribution in [0.1, 0.15) is 30.8 Å². The molecule has 0 aliphatic rings. The number of nitrogens with one attached hydrogen (secondary N) is 1. The monoisotopic (exact) mass is 275 g/mol. The fourth-order valence-electron chi connectivity index (χ4n) is 2.14. The molecule has 0 radical (unpaired) electrons. The molecule has 0 fully saturated rings. The van der Waals surface area contributed by atoms with Gasteiger partial charge in [0, 0.05) is 18.9 Å². The summed E-state index contributed by atoms with van der Waals surface area (Å²) in [6, 6.07) is 4.93. The van der Waals surface area contributed by atoms with Gasteiger partial charge in [0.1, 0.15) is 11.6 Å². The molecular formula is C16H22FN3. The first-order valence-corrected chi connectivity index (χ1v) is 7.02. The van der Waals surface area contributed by atoms with Gasteiger partial charge < -0.3 is 9.88 Å². The van der Waals surface area contributed by atoms with E-state index in [1.54, 1.807) is 6.07 Å². The molecule has 0 spiro atoms. The van der Waals surface area contributed by atoms with Crippen LogP contribution in [0.4, 0.5) is 4.39 Å². The highest BCUT2D eigenvalue weighted by atomic mass is 19.1. The van der Waals surface area contributed by atoms with E-state index in [-0.39, 0.29) is 5.82 Å². The molecule has 1 N–H and O–H groups in total. The lowest BCUT2D eigenvalue weighted by Gasteiger charge is -2.12. The van der Waals surface area contributed by atoms with Gasteiger partial charge in [-0.05, 0) is 42.6 Å². The van der Waals surface area contributed by atoms with Crippen LogP contribution in [0, 0.1) is 18.7 Å². The summed E-state index contributed by atoms with van der Waals surface area (Å²) in [4.78, 5) is 4.38. The van der Waals surface area contributed by atoms with E-state index >= 15 is 0 Å². The van der Waals surface area contributed by atoms with Crippen LogP contribution in [0.3, 0.4) is 0 Å². The van der Waals surface area contributed by atoms with Gasteiger partial charge in [0.05, 0.1) is 6.54 Å². The first-order chi connectivity index (χ1) is 9.56. The average Bonchev–Trinajstić information content (AvgIpc) is 2.80. The molecule has 1 heterocycles. The van der Waals surface area contributed by atoms with E-state index in [2.05, 4.69) is 28.7 Å². The van der Waals surface area contributed by atoms with Gasteiger partial charge in [0.15, 0.2) is 0 Å². The third-order valence-corrected chi connectivity index (χ3v) is 3.28. The largest absolute Gasteiger partial charge is 0.329 e. The molecule has 20 heavy (non-hydrogen) atoms. The Morgan fingerprint density at radius 2 is 2.15 bits per heavy atom. The molecule has 0 unspecified atom stereocenters. The van der Waals surface area contributed by atoms with Gasteiger partial charge in [-0.1, -0.05) is 19.9 Å². The van der Waals surface area contributed by atoms with Crippen LogP contribution in [0.5, 0.6) is 0 Å². The fourth-order valence-corrected chi connectivity index (χ4v) is 2.14. The van der Waals surface area contributed by atoms with Gasteiger partial charge in [0.25, 0.3) is 0 Å². The molecule has 0 aliphatic heterocycles. The zero-order chi connectivity index (χ0) is 14.5. The van der Waals surface area contributed by atoms with Crippen molar-refractivity contribution in [3.05, 3.63) is 53.4 Å². The van der Waals surface area contributed by atoms with E-state index in [1.807, 2.05) is 25.4 Å². The molecule has 0 saturated carbocycles. The van der Waals surface area contributed by atoms with Gasteiger partial charge in [-0.2, -0.15) is 0 Å². The number of aryl methyl sites for hydroxylation is 1. The maximum absolute atomic E-state index is 13.1. The van der Waals surface area contributed by atoms with Gasteiger partial charge in [-0.25, -0.2) is 9.37 Å². The predicted octanol–water partition coefficient (Wildman–Crippen LogP) is 3.12. The quantitative estimate of drug-likeness (QED) is 0.878. The summed E-state index contributed by atoms with van der Waals surface area (Å²) in [7, 11) is 0. The molecule has 0 saturated heterocycles. The van der Waals surface area contributed by atoms with Crippen molar-refractivity contribution in [2.45, 2.75) is 33.9 Å². The van der Waals surface area contributed by atoms with E-state index in [0.29, 0.717) is 5.92 Å². The number of benzene rings is 1. The van der Waals surface area contributed by atoms with E-state index in [1.165, 1.54) is 6.07 Å². The first kappa shape index (κ1) is 14.7. The highest BCUT2D eigenvalue weighted by Gasteiger charge is 2.06. The molecule has 4 heteroatoms. The molecule has 2 aromatic rings. The van der Waals surface area contributed by atoms with Crippen molar-refractivity contribution in [1.29, 1.82) is 0 Å². The van der Waals surface area contributed by atoms with Crippen LogP contribution in [0.25, 0.3) is 0 Å². The second kappa shape index (κ2) is 6.66. The maximum Gasteiger partial charge on any atom is 0.123 e. The van der Waals surface area contributed by atoms with Gasteiger partial charge >= 0.3 is 0 Å². The molecule has 2 rings (SSSR count). The van der Waals surface area contributed by atoms with E-state index < -0.39 is 0 Å². The lowest BCUT2D eigenvalue weighted by molar-refractivity contribution is 0.532. The Morgan fingerprint density at radius 1 is 1.35 bits per heavy atom. The van der Waals surface area contributed by atoms with Crippen molar-refractivity contribution in [1.82, 2.24) is 14.9 Å². The minimum Gasteiger partial charge on any atom is -0.329 e. The minimum absolute atomic E-state index is 0.185. The van der Waals surface area contributed by atoms with Crippen molar-refractivity contribution in [3.8, 4) is 0 Å². The van der Waals surface area contributed by atoms with Crippen LogP contribution >= 0.6 is 0 Å². The van der Waals surface area contributed by atoms with E-state index in [4.69, 9.17) is 0 Å². The molecule has 3 nitrogen and oxygen atoms in total. The third-order valence-electron chi connectivity index (χ3n) is 3.28. The Labute approximate surface area is 119 Å². The summed E-state index contributed by atoms with van der Waals surface area (Å²) in [5.74, 6) is 1.45. The summed E-state index contributed by atoms with van der Waals surface area (Å²) < 4.78 is 15.2. The summed E-state index contributed by atoms with van der Waals surface area (Å²) in [5, 5.41) is 3.39. The van der Waals surface area contributed by atoms with Gasteiger partial charge in [-0.3, -0.25) is 0 Å². The smallest absolute Gasteiger partial charge is 0.123 e. The normalized spacial score (nSPS) is 11.2. The van der Waals surface area contributed by atoms with Crippen LogP contribution < -0.4 is 5.32 Å². The Hall–Kier alpha value is -1.68. The van der Waals surface area contributed by atoms with Crippen molar-refractivity contribution < 1.29 is 4.39 Å². The highest BCUT2D eigenvalue weighted by Crippen LogP contribution is 2.13. The second-order valence-electron chi connectivity index (χ2n) is 5.57.